The number of rotatable bonds is 3. The van der Waals surface area contributed by atoms with Gasteiger partial charge in [-0.25, -0.2) is 0 Å². The van der Waals surface area contributed by atoms with Crippen LogP contribution in [0.4, 0.5) is 0 Å². The highest BCUT2D eigenvalue weighted by atomic mass is 16.3. The first-order valence-electron chi connectivity index (χ1n) is 5.81. The van der Waals surface area contributed by atoms with Crippen LogP contribution < -0.4 is 5.32 Å². The van der Waals surface area contributed by atoms with Crippen LogP contribution in [0.3, 0.4) is 0 Å². The summed E-state index contributed by atoms with van der Waals surface area (Å²) < 4.78 is 0. The molecule has 0 saturated carbocycles. The number of benzene rings is 1. The molecule has 1 saturated heterocycles. The van der Waals surface area contributed by atoms with E-state index < -0.39 is 0 Å². The van der Waals surface area contributed by atoms with Gasteiger partial charge in [0, 0.05) is 25.7 Å². The molecule has 1 fully saturated rings. The maximum atomic E-state index is 9.78. The van der Waals surface area contributed by atoms with E-state index in [0.717, 1.165) is 13.1 Å². The zero-order valence-corrected chi connectivity index (χ0v) is 9.98. The van der Waals surface area contributed by atoms with E-state index >= 15 is 0 Å². The molecule has 2 N–H and O–H groups in total. The molecule has 16 heavy (non-hydrogen) atoms. The lowest BCUT2D eigenvalue weighted by atomic mass is 10.1. The van der Waals surface area contributed by atoms with Crippen molar-refractivity contribution in [2.24, 2.45) is 0 Å². The molecule has 2 unspecified atom stereocenters. The molecule has 2 rings (SSSR count). The molecular formula is C13H20N2O. The third-order valence-electron chi connectivity index (χ3n) is 3.27. The first-order chi connectivity index (χ1) is 7.66. The molecule has 0 aliphatic carbocycles. The molecule has 0 amide bonds. The quantitative estimate of drug-likeness (QED) is 0.789. The van der Waals surface area contributed by atoms with Crippen molar-refractivity contribution < 1.29 is 5.11 Å². The van der Waals surface area contributed by atoms with Crippen LogP contribution in [0.2, 0.25) is 0 Å². The van der Waals surface area contributed by atoms with Crippen LogP contribution in [0.15, 0.2) is 24.3 Å². The smallest absolute Gasteiger partial charge is 0.0831 e. The maximum Gasteiger partial charge on any atom is 0.0831 e. The second-order valence-corrected chi connectivity index (χ2v) is 4.69. The van der Waals surface area contributed by atoms with Crippen molar-refractivity contribution in [3.63, 3.8) is 0 Å². The topological polar surface area (TPSA) is 35.5 Å². The fourth-order valence-electron chi connectivity index (χ4n) is 2.20. The normalized spacial score (nSPS) is 25.2. The predicted octanol–water partition coefficient (Wildman–Crippen LogP) is 0.760. The highest BCUT2D eigenvalue weighted by Crippen LogP contribution is 2.12. The monoisotopic (exact) mass is 220 g/mol. The molecule has 1 aromatic carbocycles. The van der Waals surface area contributed by atoms with E-state index in [1.807, 2.05) is 0 Å². The second kappa shape index (κ2) is 4.95. The number of aliphatic hydroxyl groups excluding tert-OH is 1. The fraction of sp³-hybridized carbons (Fsp3) is 0.538. The van der Waals surface area contributed by atoms with Gasteiger partial charge in [-0.3, -0.25) is 4.90 Å². The number of nitrogens with zero attached hydrogens (tertiary/aromatic N) is 1. The number of aliphatic hydroxyl groups is 1. The van der Waals surface area contributed by atoms with Crippen molar-refractivity contribution >= 4 is 0 Å². The Morgan fingerprint density at radius 3 is 2.56 bits per heavy atom. The van der Waals surface area contributed by atoms with Crippen LogP contribution in [0.5, 0.6) is 0 Å². The van der Waals surface area contributed by atoms with E-state index in [1.54, 1.807) is 0 Å². The van der Waals surface area contributed by atoms with E-state index in [0.29, 0.717) is 6.54 Å². The van der Waals surface area contributed by atoms with Gasteiger partial charge >= 0.3 is 0 Å². The minimum absolute atomic E-state index is 0.237. The number of hydrogen-bond donors (Lipinski definition) is 2. The largest absolute Gasteiger partial charge is 0.390 e. The minimum atomic E-state index is -0.240. The second-order valence-electron chi connectivity index (χ2n) is 4.69. The highest BCUT2D eigenvalue weighted by Gasteiger charge is 2.28. The highest BCUT2D eigenvalue weighted by molar-refractivity contribution is 5.21. The summed E-state index contributed by atoms with van der Waals surface area (Å²) in [6.07, 6.45) is -0.240. The summed E-state index contributed by atoms with van der Waals surface area (Å²) in [6, 6.07) is 8.81. The van der Waals surface area contributed by atoms with Gasteiger partial charge in [0.05, 0.1) is 6.10 Å². The van der Waals surface area contributed by atoms with Gasteiger partial charge in [0.25, 0.3) is 0 Å². The summed E-state index contributed by atoms with van der Waals surface area (Å²) in [5, 5.41) is 13.0. The standard InChI is InChI=1S/C13H20N2O/c1-10-3-5-11(6-4-10)9-15(2)12-7-14-8-13(12)16/h3-6,12-14,16H,7-9H2,1-2H3. The summed E-state index contributed by atoms with van der Waals surface area (Å²) in [5.41, 5.74) is 2.58. The van der Waals surface area contributed by atoms with Gasteiger partial charge in [-0.1, -0.05) is 29.8 Å². The lowest BCUT2D eigenvalue weighted by Gasteiger charge is -2.26. The van der Waals surface area contributed by atoms with Crippen LogP contribution in [0.1, 0.15) is 11.1 Å². The number of β-amino-alcohol motifs (C(OH)–C–C–N with tert-alkyl or cyclic N) is 1. The molecule has 1 aliphatic rings. The molecule has 3 heteroatoms. The maximum absolute atomic E-state index is 9.78. The van der Waals surface area contributed by atoms with Crippen LogP contribution in [-0.2, 0) is 6.54 Å². The van der Waals surface area contributed by atoms with E-state index in [9.17, 15) is 5.11 Å². The first-order valence-corrected chi connectivity index (χ1v) is 5.81. The molecular weight excluding hydrogens is 200 g/mol. The number of aryl methyl sites for hydroxylation is 1. The Morgan fingerprint density at radius 2 is 2.00 bits per heavy atom. The molecule has 0 spiro atoms. The first kappa shape index (κ1) is 11.6. The Labute approximate surface area is 97.1 Å². The van der Waals surface area contributed by atoms with Gasteiger partial charge in [0.15, 0.2) is 0 Å². The molecule has 0 radical (unpaired) electrons. The van der Waals surface area contributed by atoms with Crippen molar-refractivity contribution in [3.05, 3.63) is 35.4 Å². The SMILES string of the molecule is Cc1ccc(CN(C)C2CNCC2O)cc1. The summed E-state index contributed by atoms with van der Waals surface area (Å²) in [5.74, 6) is 0. The zero-order valence-electron chi connectivity index (χ0n) is 9.98. The van der Waals surface area contributed by atoms with Crippen LogP contribution >= 0.6 is 0 Å². The molecule has 3 nitrogen and oxygen atoms in total. The van der Waals surface area contributed by atoms with Gasteiger partial charge in [0.2, 0.25) is 0 Å². The average molecular weight is 220 g/mol. The Kier molecular flexibility index (Phi) is 3.59. The van der Waals surface area contributed by atoms with E-state index in [-0.39, 0.29) is 12.1 Å². The summed E-state index contributed by atoms with van der Waals surface area (Å²) in [6.45, 7) is 4.58. The molecule has 0 aromatic heterocycles. The van der Waals surface area contributed by atoms with Crippen LogP contribution in [0.25, 0.3) is 0 Å². The van der Waals surface area contributed by atoms with Gasteiger partial charge in [-0.2, -0.15) is 0 Å². The van der Waals surface area contributed by atoms with Crippen LogP contribution in [-0.4, -0.2) is 42.3 Å². The lowest BCUT2D eigenvalue weighted by molar-refractivity contribution is 0.0955. The molecule has 2 atom stereocenters. The molecule has 1 aliphatic heterocycles. The van der Waals surface area contributed by atoms with E-state index in [4.69, 9.17) is 0 Å². The summed E-state index contributed by atoms with van der Waals surface area (Å²) >= 11 is 0. The van der Waals surface area contributed by atoms with E-state index in [2.05, 4.69) is 48.5 Å². The third kappa shape index (κ3) is 2.61. The molecule has 0 bridgehead atoms. The van der Waals surface area contributed by atoms with Crippen molar-refractivity contribution in [1.82, 2.24) is 10.2 Å². The third-order valence-corrected chi connectivity index (χ3v) is 3.27. The van der Waals surface area contributed by atoms with Crippen molar-refractivity contribution in [2.45, 2.75) is 25.6 Å². The number of nitrogens with one attached hydrogen (secondary N) is 1. The number of likely N-dealkylation sites (N-methyl/N-ethyl adjacent to an activating group) is 1. The van der Waals surface area contributed by atoms with Crippen molar-refractivity contribution in [2.75, 3.05) is 20.1 Å². The van der Waals surface area contributed by atoms with Gasteiger partial charge in [0.1, 0.15) is 0 Å². The Balaban J connectivity index is 1.96. The average Bonchev–Trinajstić information content (AvgIpc) is 2.68. The Hall–Kier alpha value is -0.900. The minimum Gasteiger partial charge on any atom is -0.390 e. The predicted molar refractivity (Wildman–Crippen MR) is 65.3 cm³/mol. The summed E-state index contributed by atoms with van der Waals surface area (Å²) in [7, 11) is 2.07. The fourth-order valence-corrected chi connectivity index (χ4v) is 2.20. The van der Waals surface area contributed by atoms with Crippen molar-refractivity contribution in [3.8, 4) is 0 Å². The Morgan fingerprint density at radius 1 is 1.31 bits per heavy atom. The van der Waals surface area contributed by atoms with Gasteiger partial charge in [-0.05, 0) is 19.5 Å². The zero-order chi connectivity index (χ0) is 11.5. The molecule has 1 aromatic rings. The van der Waals surface area contributed by atoms with Crippen molar-refractivity contribution in [1.29, 1.82) is 0 Å². The van der Waals surface area contributed by atoms with Gasteiger partial charge < -0.3 is 10.4 Å². The molecule has 88 valence electrons. The number of hydrogen-bond acceptors (Lipinski definition) is 3. The van der Waals surface area contributed by atoms with Crippen LogP contribution in [0, 0.1) is 6.92 Å². The Bertz CT molecular complexity index is 336. The summed E-state index contributed by atoms with van der Waals surface area (Å²) in [4.78, 5) is 2.22. The van der Waals surface area contributed by atoms with E-state index in [1.165, 1.54) is 11.1 Å². The lowest BCUT2D eigenvalue weighted by Crippen LogP contribution is -2.40. The molecule has 1 heterocycles. The van der Waals surface area contributed by atoms with Gasteiger partial charge in [-0.15, -0.1) is 0 Å².